The first-order valence-corrected chi connectivity index (χ1v) is 12.9. The summed E-state index contributed by atoms with van der Waals surface area (Å²) >= 11 is 1.61. The summed E-state index contributed by atoms with van der Waals surface area (Å²) in [4.78, 5) is 16.4. The maximum absolute atomic E-state index is 14.1. The lowest BCUT2D eigenvalue weighted by molar-refractivity contribution is -0.124. The molecular weight excluding hydrogens is 470 g/mol. The SMILES string of the molecule is Cc1cc(Oc2ccccc2)ccc1C1(N)C(=O)C(N)c2c(N3CCNCC3)sc3c(N)ccc1c23. The number of nitrogens with zero attached hydrogens (tertiary/aromatic N) is 1. The number of benzene rings is 3. The number of rotatable bonds is 4. The van der Waals surface area contributed by atoms with Crippen molar-refractivity contribution in [1.29, 1.82) is 0 Å². The summed E-state index contributed by atoms with van der Waals surface area (Å²) in [5.41, 5.74) is 22.7. The van der Waals surface area contributed by atoms with Crippen molar-refractivity contribution >= 4 is 37.9 Å². The van der Waals surface area contributed by atoms with Gasteiger partial charge in [0.05, 0.1) is 15.7 Å². The number of para-hydroxylation sites is 1. The van der Waals surface area contributed by atoms with E-state index >= 15 is 0 Å². The van der Waals surface area contributed by atoms with Gasteiger partial charge >= 0.3 is 0 Å². The van der Waals surface area contributed by atoms with Crippen LogP contribution in [-0.2, 0) is 10.3 Å². The Hall–Kier alpha value is -3.43. The van der Waals surface area contributed by atoms with Gasteiger partial charge in [-0.15, -0.1) is 11.3 Å². The molecule has 1 saturated heterocycles. The minimum absolute atomic E-state index is 0.212. The Bertz CT molecular complexity index is 1480. The minimum atomic E-state index is -1.39. The van der Waals surface area contributed by atoms with Gasteiger partial charge in [-0.05, 0) is 53.9 Å². The summed E-state index contributed by atoms with van der Waals surface area (Å²) in [6.45, 7) is 5.43. The number of hydrogen-bond acceptors (Lipinski definition) is 8. The average Bonchev–Trinajstić information content (AvgIpc) is 3.30. The topological polar surface area (TPSA) is 120 Å². The van der Waals surface area contributed by atoms with Crippen molar-refractivity contribution in [3.63, 3.8) is 0 Å². The van der Waals surface area contributed by atoms with Crippen LogP contribution in [-0.4, -0.2) is 32.0 Å². The molecule has 0 radical (unpaired) electrons. The number of nitrogens with one attached hydrogen (secondary N) is 1. The predicted molar refractivity (Wildman–Crippen MR) is 146 cm³/mol. The minimum Gasteiger partial charge on any atom is -0.457 e. The molecule has 4 aromatic rings. The van der Waals surface area contributed by atoms with E-state index in [9.17, 15) is 4.79 Å². The highest BCUT2D eigenvalue weighted by Crippen LogP contribution is 2.52. The first kappa shape index (κ1) is 23.0. The molecule has 6 rings (SSSR count). The zero-order valence-corrected chi connectivity index (χ0v) is 20.9. The van der Waals surface area contributed by atoms with Crippen molar-refractivity contribution in [2.75, 3.05) is 36.8 Å². The van der Waals surface area contributed by atoms with E-state index in [-0.39, 0.29) is 5.78 Å². The Morgan fingerprint density at radius 3 is 2.47 bits per heavy atom. The second-order valence-corrected chi connectivity index (χ2v) is 10.5. The first-order chi connectivity index (χ1) is 17.4. The third-order valence-corrected chi connectivity index (χ3v) is 8.61. The summed E-state index contributed by atoms with van der Waals surface area (Å²) in [6, 6.07) is 18.1. The van der Waals surface area contributed by atoms with E-state index in [0.29, 0.717) is 11.4 Å². The number of carbonyl (C=O) groups is 1. The van der Waals surface area contributed by atoms with E-state index in [2.05, 4.69) is 10.2 Å². The summed E-state index contributed by atoms with van der Waals surface area (Å²) in [5, 5.41) is 5.33. The standard InChI is InChI=1S/C28H29N5O2S/c1-16-15-18(35-17-5-3-2-4-6-17)7-8-19(16)28(31)20-9-10-21(29)25-22(20)23(24(30)26(28)34)27(36-25)33-13-11-32-12-14-33/h2-10,15,24,32H,11-14,29-31H2,1H3. The van der Waals surface area contributed by atoms with E-state index in [1.54, 1.807) is 11.3 Å². The van der Waals surface area contributed by atoms with Crippen LogP contribution in [0.15, 0.2) is 60.7 Å². The van der Waals surface area contributed by atoms with E-state index in [1.807, 2.05) is 67.6 Å². The molecule has 0 bridgehead atoms. The monoisotopic (exact) mass is 499 g/mol. The van der Waals surface area contributed by atoms with Crippen LogP contribution in [0.5, 0.6) is 11.5 Å². The summed E-state index contributed by atoms with van der Waals surface area (Å²) in [6.07, 6.45) is 0. The van der Waals surface area contributed by atoms with E-state index in [1.165, 1.54) is 0 Å². The van der Waals surface area contributed by atoms with Crippen molar-refractivity contribution in [3.05, 3.63) is 82.9 Å². The van der Waals surface area contributed by atoms with Gasteiger partial charge in [0, 0.05) is 42.8 Å². The lowest BCUT2D eigenvalue weighted by Gasteiger charge is -2.38. The van der Waals surface area contributed by atoms with Crippen molar-refractivity contribution in [1.82, 2.24) is 5.32 Å². The van der Waals surface area contributed by atoms with E-state index in [4.69, 9.17) is 21.9 Å². The molecule has 3 aromatic carbocycles. The Morgan fingerprint density at radius 1 is 1.03 bits per heavy atom. The quantitative estimate of drug-likeness (QED) is 0.316. The van der Waals surface area contributed by atoms with Crippen LogP contribution in [0.25, 0.3) is 10.1 Å². The van der Waals surface area contributed by atoms with Gasteiger partial charge in [-0.2, -0.15) is 0 Å². The largest absolute Gasteiger partial charge is 0.457 e. The molecule has 2 atom stereocenters. The summed E-state index contributed by atoms with van der Waals surface area (Å²) in [5.74, 6) is 1.21. The van der Waals surface area contributed by atoms with Crippen LogP contribution in [0.4, 0.5) is 10.7 Å². The molecule has 1 fully saturated rings. The van der Waals surface area contributed by atoms with Crippen LogP contribution in [0.3, 0.4) is 0 Å². The molecule has 0 saturated carbocycles. The molecule has 36 heavy (non-hydrogen) atoms. The Morgan fingerprint density at radius 2 is 1.75 bits per heavy atom. The van der Waals surface area contributed by atoms with Crippen LogP contribution < -0.4 is 32.2 Å². The van der Waals surface area contributed by atoms with E-state index < -0.39 is 11.6 Å². The second kappa shape index (κ2) is 8.60. The first-order valence-electron chi connectivity index (χ1n) is 12.1. The summed E-state index contributed by atoms with van der Waals surface area (Å²) in [7, 11) is 0. The highest BCUT2D eigenvalue weighted by molar-refractivity contribution is 7.23. The van der Waals surface area contributed by atoms with Crippen LogP contribution in [0, 0.1) is 6.92 Å². The zero-order valence-electron chi connectivity index (χ0n) is 20.1. The van der Waals surface area contributed by atoms with Gasteiger partial charge in [-0.1, -0.05) is 30.3 Å². The molecule has 1 aliphatic carbocycles. The Balaban J connectivity index is 1.50. The third-order valence-electron chi connectivity index (χ3n) is 7.30. The Labute approximate surface area is 213 Å². The van der Waals surface area contributed by atoms with Gasteiger partial charge in [-0.25, -0.2) is 0 Å². The molecule has 2 unspecified atom stereocenters. The van der Waals surface area contributed by atoms with Gasteiger partial charge in [-0.3, -0.25) is 4.79 Å². The number of nitrogen functional groups attached to an aromatic ring is 1. The van der Waals surface area contributed by atoms with Gasteiger partial charge in [0.1, 0.15) is 17.0 Å². The molecule has 8 heteroatoms. The number of Topliss-reactive ketones (excluding diaryl/α,β-unsaturated/α-hetero) is 1. The smallest absolute Gasteiger partial charge is 0.183 e. The van der Waals surface area contributed by atoms with E-state index in [0.717, 1.165) is 69.3 Å². The molecule has 2 aliphatic rings. The van der Waals surface area contributed by atoms with Crippen LogP contribution >= 0.6 is 11.3 Å². The maximum Gasteiger partial charge on any atom is 0.183 e. The molecule has 0 amide bonds. The fourth-order valence-electron chi connectivity index (χ4n) is 5.51. The lowest BCUT2D eigenvalue weighted by Crippen LogP contribution is -2.53. The number of hydrogen-bond donors (Lipinski definition) is 4. The maximum atomic E-state index is 14.1. The molecule has 1 aliphatic heterocycles. The molecule has 7 N–H and O–H groups in total. The van der Waals surface area contributed by atoms with Crippen LogP contribution in [0.1, 0.15) is 28.3 Å². The third kappa shape index (κ3) is 3.41. The number of ketones is 1. The molecule has 1 aromatic heterocycles. The molecule has 7 nitrogen and oxygen atoms in total. The van der Waals surface area contributed by atoms with Gasteiger partial charge in [0.2, 0.25) is 0 Å². The number of thiophene rings is 1. The molecule has 0 spiro atoms. The number of aryl methyl sites for hydroxylation is 1. The number of anilines is 2. The lowest BCUT2D eigenvalue weighted by atomic mass is 9.69. The second-order valence-electron chi connectivity index (χ2n) is 9.51. The highest BCUT2D eigenvalue weighted by atomic mass is 32.1. The fourth-order valence-corrected chi connectivity index (χ4v) is 6.86. The normalized spacial score (nSPS) is 21.7. The Kier molecular flexibility index (Phi) is 5.49. The fraction of sp³-hybridized carbons (Fsp3) is 0.250. The molecule has 2 heterocycles. The number of piperazine rings is 1. The highest BCUT2D eigenvalue weighted by Gasteiger charge is 2.49. The van der Waals surface area contributed by atoms with Crippen molar-refractivity contribution in [2.45, 2.75) is 18.5 Å². The summed E-state index contributed by atoms with van der Waals surface area (Å²) < 4.78 is 6.95. The zero-order chi connectivity index (χ0) is 25.0. The van der Waals surface area contributed by atoms with Crippen molar-refractivity contribution in [2.24, 2.45) is 11.5 Å². The molecule has 184 valence electrons. The van der Waals surface area contributed by atoms with Crippen molar-refractivity contribution in [3.8, 4) is 11.5 Å². The van der Waals surface area contributed by atoms with Gasteiger partial charge < -0.3 is 32.2 Å². The average molecular weight is 500 g/mol. The van der Waals surface area contributed by atoms with Gasteiger partial charge in [0.25, 0.3) is 0 Å². The number of nitrogens with two attached hydrogens (primary N) is 3. The molecular formula is C28H29N5O2S. The van der Waals surface area contributed by atoms with Crippen molar-refractivity contribution < 1.29 is 9.53 Å². The number of carbonyl (C=O) groups excluding carboxylic acids is 1. The van der Waals surface area contributed by atoms with Gasteiger partial charge in [0.15, 0.2) is 5.78 Å². The van der Waals surface area contributed by atoms with Crippen LogP contribution in [0.2, 0.25) is 0 Å². The predicted octanol–water partition coefficient (Wildman–Crippen LogP) is 3.78. The number of ether oxygens (including phenoxy) is 1.